The molecule has 0 amide bonds. The maximum atomic E-state index is 5.66. The number of hydrogen-bond acceptors (Lipinski definition) is 3. The summed E-state index contributed by atoms with van der Waals surface area (Å²) in [5.41, 5.74) is 5.66. The van der Waals surface area contributed by atoms with Gasteiger partial charge in [-0.25, -0.2) is 0 Å². The Balaban J connectivity index is 2.53. The third-order valence-corrected chi connectivity index (χ3v) is 2.77. The largest absolute Gasteiger partial charge is 0.384 e. The van der Waals surface area contributed by atoms with Crippen LogP contribution < -0.4 is 11.6 Å². The first-order valence-corrected chi connectivity index (χ1v) is 4.85. The van der Waals surface area contributed by atoms with Crippen LogP contribution in [-0.2, 0) is 4.74 Å². The van der Waals surface area contributed by atoms with Gasteiger partial charge in [0, 0.05) is 7.11 Å². The first-order chi connectivity index (χ1) is 6.29. The van der Waals surface area contributed by atoms with Crippen LogP contribution in [0.3, 0.4) is 0 Å². The number of nitrogens with zero attached hydrogens (tertiary/aromatic N) is 1. The van der Waals surface area contributed by atoms with E-state index in [4.69, 9.17) is 16.3 Å². The van der Waals surface area contributed by atoms with Crippen LogP contribution in [0.25, 0.3) is 0 Å². The molecule has 4 heteroatoms. The topological polar surface area (TPSA) is 73.6 Å². The summed E-state index contributed by atoms with van der Waals surface area (Å²) in [6, 6.07) is 0. The van der Waals surface area contributed by atoms with Crippen molar-refractivity contribution in [3.05, 3.63) is 0 Å². The lowest BCUT2D eigenvalue weighted by Crippen LogP contribution is -2.38. The van der Waals surface area contributed by atoms with Gasteiger partial charge in [-0.3, -0.25) is 0 Å². The third-order valence-electron chi connectivity index (χ3n) is 2.77. The van der Waals surface area contributed by atoms with Gasteiger partial charge in [0.1, 0.15) is 11.9 Å². The molecule has 1 fully saturated rings. The van der Waals surface area contributed by atoms with Gasteiger partial charge in [-0.2, -0.15) is 5.10 Å². The Morgan fingerprint density at radius 1 is 1.38 bits per heavy atom. The summed E-state index contributed by atoms with van der Waals surface area (Å²) in [6.07, 6.45) is 6.13. The van der Waals surface area contributed by atoms with E-state index in [9.17, 15) is 0 Å². The van der Waals surface area contributed by atoms with Crippen molar-refractivity contribution in [2.75, 3.05) is 7.11 Å². The molecule has 1 rings (SSSR count). The van der Waals surface area contributed by atoms with E-state index >= 15 is 0 Å². The van der Waals surface area contributed by atoms with Crippen LogP contribution in [-0.4, -0.2) is 19.0 Å². The predicted octanol–water partition coefficient (Wildman–Crippen LogP) is 0.813. The summed E-state index contributed by atoms with van der Waals surface area (Å²) in [6.45, 7) is 0. The summed E-state index contributed by atoms with van der Waals surface area (Å²) in [7, 11) is 1.66. The van der Waals surface area contributed by atoms with E-state index in [1.54, 1.807) is 7.11 Å². The molecule has 0 aromatic rings. The molecule has 1 saturated carbocycles. The lowest BCUT2D eigenvalue weighted by Gasteiger charge is -2.28. The number of methoxy groups -OCH3 is 1. The highest BCUT2D eigenvalue weighted by Crippen LogP contribution is 2.27. The Labute approximate surface area is 79.3 Å². The zero-order chi connectivity index (χ0) is 9.68. The summed E-state index contributed by atoms with van der Waals surface area (Å²) < 4.78 is 5.31. The van der Waals surface area contributed by atoms with Gasteiger partial charge in [-0.05, 0) is 18.8 Å². The van der Waals surface area contributed by atoms with Crippen molar-refractivity contribution in [2.45, 2.75) is 38.2 Å². The zero-order valence-corrected chi connectivity index (χ0v) is 8.20. The van der Waals surface area contributed by atoms with E-state index in [1.165, 1.54) is 32.1 Å². The van der Waals surface area contributed by atoms with E-state index < -0.39 is 0 Å². The number of amidine groups is 1. The van der Waals surface area contributed by atoms with Gasteiger partial charge in [-0.1, -0.05) is 19.3 Å². The minimum atomic E-state index is -0.0784. The quantitative estimate of drug-likeness (QED) is 0.296. The van der Waals surface area contributed by atoms with E-state index in [1.807, 2.05) is 0 Å². The second-order valence-corrected chi connectivity index (χ2v) is 3.61. The van der Waals surface area contributed by atoms with Crippen molar-refractivity contribution >= 4 is 5.84 Å². The van der Waals surface area contributed by atoms with Gasteiger partial charge in [-0.15, -0.1) is 0 Å². The molecule has 4 N–H and O–H groups in total. The highest BCUT2D eigenvalue weighted by atomic mass is 16.5. The number of nitrogens with two attached hydrogens (primary N) is 2. The van der Waals surface area contributed by atoms with Gasteiger partial charge < -0.3 is 16.3 Å². The maximum Gasteiger partial charge on any atom is 0.148 e. The molecule has 0 saturated heterocycles. The van der Waals surface area contributed by atoms with Crippen molar-refractivity contribution in [2.24, 2.45) is 22.6 Å². The first kappa shape index (κ1) is 10.3. The number of hydrazone groups is 1. The van der Waals surface area contributed by atoms with Gasteiger partial charge >= 0.3 is 0 Å². The molecule has 0 radical (unpaired) electrons. The highest BCUT2D eigenvalue weighted by Gasteiger charge is 2.26. The predicted molar refractivity (Wildman–Crippen MR) is 53.2 cm³/mol. The van der Waals surface area contributed by atoms with Crippen LogP contribution in [0.4, 0.5) is 0 Å². The molecule has 1 aliphatic carbocycles. The molecule has 0 spiro atoms. The molecule has 0 aromatic carbocycles. The smallest absolute Gasteiger partial charge is 0.148 e. The minimum absolute atomic E-state index is 0.0784. The van der Waals surface area contributed by atoms with Crippen LogP contribution in [0.2, 0.25) is 0 Å². The fraction of sp³-hybridized carbons (Fsp3) is 0.889. The van der Waals surface area contributed by atoms with Crippen molar-refractivity contribution < 1.29 is 4.74 Å². The molecule has 0 heterocycles. The SMILES string of the molecule is COC(C(N)=NN)C1CCCCC1. The number of ether oxygens (including phenoxy) is 1. The summed E-state index contributed by atoms with van der Waals surface area (Å²) in [4.78, 5) is 0. The number of rotatable bonds is 3. The second-order valence-electron chi connectivity index (χ2n) is 3.61. The Bertz CT molecular complexity index is 176. The lowest BCUT2D eigenvalue weighted by atomic mass is 9.85. The summed E-state index contributed by atoms with van der Waals surface area (Å²) >= 11 is 0. The van der Waals surface area contributed by atoms with Crippen LogP contribution in [0.1, 0.15) is 32.1 Å². The maximum absolute atomic E-state index is 5.66. The molecule has 0 bridgehead atoms. The second kappa shape index (κ2) is 5.07. The average molecular weight is 185 g/mol. The van der Waals surface area contributed by atoms with Crippen molar-refractivity contribution in [1.29, 1.82) is 0 Å². The van der Waals surface area contributed by atoms with Crippen molar-refractivity contribution in [3.63, 3.8) is 0 Å². The van der Waals surface area contributed by atoms with Gasteiger partial charge in [0.05, 0.1) is 0 Å². The number of hydrogen-bond donors (Lipinski definition) is 2. The molecule has 0 aliphatic heterocycles. The van der Waals surface area contributed by atoms with Crippen molar-refractivity contribution in [3.8, 4) is 0 Å². The van der Waals surface area contributed by atoms with E-state index in [0.717, 1.165) is 0 Å². The molecule has 0 aromatic heterocycles. The van der Waals surface area contributed by atoms with Crippen LogP contribution in [0.5, 0.6) is 0 Å². The zero-order valence-electron chi connectivity index (χ0n) is 8.20. The van der Waals surface area contributed by atoms with Crippen LogP contribution in [0, 0.1) is 5.92 Å². The standard InChI is InChI=1S/C9H19N3O/c1-13-8(9(10)12-11)7-5-3-2-4-6-7/h7-8H,2-6,11H2,1H3,(H2,10,12). The van der Waals surface area contributed by atoms with Gasteiger partial charge in [0.2, 0.25) is 0 Å². The lowest BCUT2D eigenvalue weighted by molar-refractivity contribution is 0.0850. The molecule has 13 heavy (non-hydrogen) atoms. The van der Waals surface area contributed by atoms with E-state index in [2.05, 4.69) is 5.10 Å². The molecule has 1 unspecified atom stereocenters. The Morgan fingerprint density at radius 3 is 2.46 bits per heavy atom. The molecule has 76 valence electrons. The van der Waals surface area contributed by atoms with Gasteiger partial charge in [0.25, 0.3) is 0 Å². The normalized spacial score (nSPS) is 23.0. The summed E-state index contributed by atoms with van der Waals surface area (Å²) in [5, 5.41) is 3.50. The van der Waals surface area contributed by atoms with E-state index in [-0.39, 0.29) is 6.10 Å². The van der Waals surface area contributed by atoms with E-state index in [0.29, 0.717) is 11.8 Å². The summed E-state index contributed by atoms with van der Waals surface area (Å²) in [5.74, 6) is 6.07. The Morgan fingerprint density at radius 2 is 2.00 bits per heavy atom. The van der Waals surface area contributed by atoms with Crippen LogP contribution in [0.15, 0.2) is 5.10 Å². The van der Waals surface area contributed by atoms with Gasteiger partial charge in [0.15, 0.2) is 0 Å². The van der Waals surface area contributed by atoms with Crippen LogP contribution >= 0.6 is 0 Å². The first-order valence-electron chi connectivity index (χ1n) is 4.85. The average Bonchev–Trinajstić information content (AvgIpc) is 2.20. The highest BCUT2D eigenvalue weighted by molar-refractivity contribution is 5.84. The fourth-order valence-corrected chi connectivity index (χ4v) is 2.07. The fourth-order valence-electron chi connectivity index (χ4n) is 2.07. The minimum Gasteiger partial charge on any atom is -0.384 e. The Hall–Kier alpha value is -0.770. The van der Waals surface area contributed by atoms with Crippen molar-refractivity contribution in [1.82, 2.24) is 0 Å². The Kier molecular flexibility index (Phi) is 4.02. The molecule has 1 atom stereocenters. The molecule has 1 aliphatic rings. The molecular formula is C9H19N3O. The third kappa shape index (κ3) is 2.59. The monoisotopic (exact) mass is 185 g/mol. The molecule has 4 nitrogen and oxygen atoms in total. The molecular weight excluding hydrogens is 166 g/mol.